The van der Waals surface area contributed by atoms with Crippen LogP contribution < -0.4 is 5.32 Å². The molecule has 0 radical (unpaired) electrons. The fraction of sp³-hybridized carbons (Fsp3) is 0.387. The van der Waals surface area contributed by atoms with E-state index in [1.165, 1.54) is 5.56 Å². The number of thioether (sulfide) groups is 1. The zero-order chi connectivity index (χ0) is 27.9. The first-order valence-corrected chi connectivity index (χ1v) is 15.0. The number of hydrogen-bond donors (Lipinski definition) is 2. The van der Waals surface area contributed by atoms with E-state index < -0.39 is 12.0 Å². The van der Waals surface area contributed by atoms with Crippen molar-refractivity contribution in [2.45, 2.75) is 52.4 Å². The summed E-state index contributed by atoms with van der Waals surface area (Å²) in [5.41, 5.74) is 6.33. The van der Waals surface area contributed by atoms with Crippen LogP contribution in [0.1, 0.15) is 37.0 Å². The highest BCUT2D eigenvalue weighted by Gasteiger charge is 2.19. The van der Waals surface area contributed by atoms with Crippen molar-refractivity contribution in [1.29, 1.82) is 0 Å². The molecule has 0 aromatic heterocycles. The number of benzene rings is 3. The molecule has 2 atom stereocenters. The molecule has 0 aliphatic heterocycles. The maximum absolute atomic E-state index is 11.8. The van der Waals surface area contributed by atoms with Crippen LogP contribution >= 0.6 is 27.7 Å². The summed E-state index contributed by atoms with van der Waals surface area (Å²) in [5, 5.41) is 13.0. The molecule has 0 spiro atoms. The van der Waals surface area contributed by atoms with Crippen LogP contribution in [-0.2, 0) is 27.3 Å². The summed E-state index contributed by atoms with van der Waals surface area (Å²) >= 11 is 5.18. The molecular formula is C31H40BrNO4S. The Balaban J connectivity index is 0.00000118. The molecule has 0 aliphatic carbocycles. The lowest BCUT2D eigenvalue weighted by atomic mass is 9.96. The Bertz CT molecular complexity index is 1140. The summed E-state index contributed by atoms with van der Waals surface area (Å²) in [5.74, 6) is -0.0515. The standard InChI is InChI=1S/C28H32BrNO3S.C3H8O/c1-19-7-4-5-10-24(19)25-17-22(11-12-26(25)30-27(28(31)32)13-14-34-3)18-33-20(2)15-21-8-6-9-23(29)16-21;1-3-4-2/h4-12,16-17,20,27,30H,13-15,18H2,1-3H3,(H,31,32);3H2,1-2H3. The summed E-state index contributed by atoms with van der Waals surface area (Å²) in [6.07, 6.45) is 3.45. The second kappa shape index (κ2) is 17.3. The van der Waals surface area contributed by atoms with Gasteiger partial charge in [0.2, 0.25) is 0 Å². The minimum absolute atomic E-state index is 0.0666. The SMILES string of the molecule is CCOC.CSCCC(Nc1ccc(COC(C)Cc2cccc(Br)c2)cc1-c1ccccc1C)C(=O)O. The Morgan fingerprint density at radius 1 is 1.05 bits per heavy atom. The molecule has 0 fully saturated rings. The molecule has 5 nitrogen and oxygen atoms in total. The van der Waals surface area contributed by atoms with Crippen molar-refractivity contribution in [2.75, 3.05) is 31.0 Å². The molecule has 3 aromatic carbocycles. The fourth-order valence-electron chi connectivity index (χ4n) is 3.88. The summed E-state index contributed by atoms with van der Waals surface area (Å²) in [4.78, 5) is 11.8. The maximum Gasteiger partial charge on any atom is 0.326 e. The van der Waals surface area contributed by atoms with E-state index in [9.17, 15) is 9.90 Å². The van der Waals surface area contributed by atoms with Crippen LogP contribution in [0.3, 0.4) is 0 Å². The van der Waals surface area contributed by atoms with Gasteiger partial charge in [0, 0.05) is 29.4 Å². The molecule has 0 saturated carbocycles. The van der Waals surface area contributed by atoms with Crippen LogP contribution in [0.5, 0.6) is 0 Å². The van der Waals surface area contributed by atoms with Crippen LogP contribution in [-0.4, -0.2) is 48.9 Å². The van der Waals surface area contributed by atoms with E-state index in [-0.39, 0.29) is 6.10 Å². The lowest BCUT2D eigenvalue weighted by molar-refractivity contribution is -0.137. The van der Waals surface area contributed by atoms with Crippen molar-refractivity contribution in [3.63, 3.8) is 0 Å². The molecule has 0 saturated heterocycles. The third-order valence-corrected chi connectivity index (χ3v) is 7.13. The number of ether oxygens (including phenoxy) is 2. The number of anilines is 1. The smallest absolute Gasteiger partial charge is 0.326 e. The van der Waals surface area contributed by atoms with E-state index in [1.807, 2.05) is 49.6 Å². The topological polar surface area (TPSA) is 67.8 Å². The van der Waals surface area contributed by atoms with Crippen LogP contribution in [0, 0.1) is 6.92 Å². The van der Waals surface area contributed by atoms with Crippen molar-refractivity contribution < 1.29 is 19.4 Å². The van der Waals surface area contributed by atoms with Crippen molar-refractivity contribution in [3.8, 4) is 11.1 Å². The van der Waals surface area contributed by atoms with Crippen molar-refractivity contribution in [3.05, 3.63) is 87.9 Å². The molecule has 0 heterocycles. The van der Waals surface area contributed by atoms with Gasteiger partial charge in [-0.2, -0.15) is 11.8 Å². The van der Waals surface area contributed by atoms with E-state index in [0.717, 1.165) is 51.2 Å². The zero-order valence-electron chi connectivity index (χ0n) is 23.0. The first kappa shape index (κ1) is 31.9. The van der Waals surface area contributed by atoms with Gasteiger partial charge >= 0.3 is 5.97 Å². The Kier molecular flexibility index (Phi) is 14.5. The Hall–Kier alpha value is -2.32. The minimum atomic E-state index is -0.835. The van der Waals surface area contributed by atoms with Gasteiger partial charge in [0.25, 0.3) is 0 Å². The van der Waals surface area contributed by atoms with E-state index >= 15 is 0 Å². The van der Waals surface area contributed by atoms with Gasteiger partial charge in [-0.25, -0.2) is 4.79 Å². The lowest BCUT2D eigenvalue weighted by Crippen LogP contribution is -2.30. The normalized spacial score (nSPS) is 12.3. The molecule has 0 aliphatic rings. The molecule has 3 aromatic rings. The van der Waals surface area contributed by atoms with E-state index in [1.54, 1.807) is 18.9 Å². The van der Waals surface area contributed by atoms with E-state index in [2.05, 4.69) is 70.2 Å². The largest absolute Gasteiger partial charge is 0.480 e. The number of methoxy groups -OCH3 is 1. The highest BCUT2D eigenvalue weighted by Crippen LogP contribution is 2.33. The molecule has 0 bridgehead atoms. The number of hydrogen-bond acceptors (Lipinski definition) is 5. The van der Waals surface area contributed by atoms with Gasteiger partial charge in [-0.05, 0) is 92.1 Å². The van der Waals surface area contributed by atoms with Gasteiger partial charge < -0.3 is 19.9 Å². The predicted octanol–water partition coefficient (Wildman–Crippen LogP) is 7.84. The van der Waals surface area contributed by atoms with Gasteiger partial charge in [0.05, 0.1) is 12.7 Å². The van der Waals surface area contributed by atoms with Gasteiger partial charge in [0.1, 0.15) is 6.04 Å². The second-order valence-electron chi connectivity index (χ2n) is 9.04. The molecule has 2 N–H and O–H groups in total. The Morgan fingerprint density at radius 3 is 2.42 bits per heavy atom. The monoisotopic (exact) mass is 601 g/mol. The molecule has 38 heavy (non-hydrogen) atoms. The van der Waals surface area contributed by atoms with Gasteiger partial charge in [-0.1, -0.05) is 58.4 Å². The summed E-state index contributed by atoms with van der Waals surface area (Å²) in [6, 6.07) is 21.9. The maximum atomic E-state index is 11.8. The van der Waals surface area contributed by atoms with E-state index in [0.29, 0.717) is 13.0 Å². The summed E-state index contributed by atoms with van der Waals surface area (Å²) < 4.78 is 11.8. The number of carbonyl (C=O) groups is 1. The first-order valence-electron chi connectivity index (χ1n) is 12.8. The molecular weight excluding hydrogens is 562 g/mol. The molecule has 2 unspecified atom stereocenters. The number of aryl methyl sites for hydroxylation is 1. The molecule has 7 heteroatoms. The first-order chi connectivity index (χ1) is 18.3. The Morgan fingerprint density at radius 2 is 1.79 bits per heavy atom. The zero-order valence-corrected chi connectivity index (χ0v) is 25.4. The van der Waals surface area contributed by atoms with Crippen LogP contribution in [0.15, 0.2) is 71.2 Å². The van der Waals surface area contributed by atoms with Crippen LogP contribution in [0.4, 0.5) is 5.69 Å². The van der Waals surface area contributed by atoms with Crippen molar-refractivity contribution in [1.82, 2.24) is 0 Å². The third-order valence-electron chi connectivity index (χ3n) is 5.99. The predicted molar refractivity (Wildman–Crippen MR) is 164 cm³/mol. The summed E-state index contributed by atoms with van der Waals surface area (Å²) in [6.45, 7) is 7.43. The number of nitrogens with one attached hydrogen (secondary N) is 1. The summed E-state index contributed by atoms with van der Waals surface area (Å²) in [7, 11) is 1.68. The Labute approximate surface area is 240 Å². The van der Waals surface area contributed by atoms with E-state index in [4.69, 9.17) is 4.74 Å². The highest BCUT2D eigenvalue weighted by atomic mass is 79.9. The number of rotatable bonds is 13. The van der Waals surface area contributed by atoms with Crippen molar-refractivity contribution >= 4 is 39.3 Å². The highest BCUT2D eigenvalue weighted by molar-refractivity contribution is 9.10. The number of aliphatic carboxylic acids is 1. The average Bonchev–Trinajstić information content (AvgIpc) is 2.90. The number of carboxylic acids is 1. The molecule has 206 valence electrons. The van der Waals surface area contributed by atoms with Gasteiger partial charge in [-0.3, -0.25) is 0 Å². The van der Waals surface area contributed by atoms with Gasteiger partial charge in [0.15, 0.2) is 0 Å². The van der Waals surface area contributed by atoms with Crippen LogP contribution in [0.25, 0.3) is 11.1 Å². The fourth-order valence-corrected chi connectivity index (χ4v) is 4.80. The minimum Gasteiger partial charge on any atom is -0.480 e. The van der Waals surface area contributed by atoms with Crippen LogP contribution in [0.2, 0.25) is 0 Å². The number of halogens is 1. The molecule has 0 amide bonds. The second-order valence-corrected chi connectivity index (χ2v) is 10.9. The van der Waals surface area contributed by atoms with Gasteiger partial charge in [-0.15, -0.1) is 0 Å². The lowest BCUT2D eigenvalue weighted by Gasteiger charge is -2.20. The quantitative estimate of drug-likeness (QED) is 0.208. The molecule has 3 rings (SSSR count). The third kappa shape index (κ3) is 10.8. The average molecular weight is 603 g/mol. The van der Waals surface area contributed by atoms with Crippen molar-refractivity contribution in [2.24, 2.45) is 0 Å². The number of carboxylic acid groups (broad SMARTS) is 1.